The molecule has 0 fully saturated rings. The number of anilines is 1. The van der Waals surface area contributed by atoms with Crippen molar-refractivity contribution < 1.29 is 22.7 Å². The van der Waals surface area contributed by atoms with Crippen LogP contribution in [0.4, 0.5) is 23.4 Å². The van der Waals surface area contributed by atoms with Crippen molar-refractivity contribution in [1.29, 1.82) is 0 Å². The topological polar surface area (TPSA) is 76.4 Å². The molecule has 0 spiro atoms. The summed E-state index contributed by atoms with van der Waals surface area (Å²) in [4.78, 5) is 7.39. The van der Waals surface area contributed by atoms with E-state index >= 15 is 0 Å². The van der Waals surface area contributed by atoms with Gasteiger partial charge in [-0.15, -0.1) is 0 Å². The van der Waals surface area contributed by atoms with Crippen molar-refractivity contribution in [3.8, 4) is 11.3 Å². The van der Waals surface area contributed by atoms with Gasteiger partial charge in [0.1, 0.15) is 12.3 Å². The van der Waals surface area contributed by atoms with E-state index in [2.05, 4.69) is 9.97 Å². The normalized spacial score (nSPS) is 14.6. The largest absolute Gasteiger partial charge is 0.434 e. The molecule has 0 bridgehead atoms. The summed E-state index contributed by atoms with van der Waals surface area (Å²) in [5, 5.41) is 10.1. The average Bonchev–Trinajstić information content (AvgIpc) is 2.98. The molecule has 138 valence electrons. The van der Waals surface area contributed by atoms with Crippen LogP contribution in [0, 0.1) is 6.92 Å². The van der Waals surface area contributed by atoms with Crippen LogP contribution in [-0.2, 0) is 11.8 Å². The van der Waals surface area contributed by atoms with E-state index in [0.717, 1.165) is 6.20 Å². The summed E-state index contributed by atoms with van der Waals surface area (Å²) < 4.78 is 53.5. The van der Waals surface area contributed by atoms with Gasteiger partial charge in [-0.05, 0) is 31.0 Å². The van der Waals surface area contributed by atoms with Crippen molar-refractivity contribution >= 4 is 11.5 Å². The Morgan fingerprint density at radius 1 is 1.27 bits per heavy atom. The van der Waals surface area contributed by atoms with E-state index in [0.29, 0.717) is 22.4 Å². The molecule has 2 aromatic heterocycles. The second-order valence-corrected chi connectivity index (χ2v) is 6.28. The quantitative estimate of drug-likeness (QED) is 0.694. The third kappa shape index (κ3) is 2.98. The molecule has 0 aliphatic rings. The fraction of sp³-hybridized carbons (Fsp3) is 0.294. The fourth-order valence-corrected chi connectivity index (χ4v) is 2.66. The third-order valence-electron chi connectivity index (χ3n) is 4.20. The van der Waals surface area contributed by atoms with Gasteiger partial charge >= 0.3 is 6.18 Å². The van der Waals surface area contributed by atoms with E-state index in [4.69, 9.17) is 5.73 Å². The van der Waals surface area contributed by atoms with E-state index in [1.807, 2.05) is 0 Å². The van der Waals surface area contributed by atoms with E-state index in [9.17, 15) is 22.7 Å². The number of nitrogens with zero attached hydrogens (tertiary/aromatic N) is 3. The molecular weight excluding hydrogens is 352 g/mol. The molecular formula is C17H16F4N4O. The van der Waals surface area contributed by atoms with Crippen LogP contribution in [0.1, 0.15) is 23.7 Å². The number of aliphatic hydroxyl groups is 1. The van der Waals surface area contributed by atoms with Gasteiger partial charge in [0.2, 0.25) is 0 Å². The van der Waals surface area contributed by atoms with Crippen molar-refractivity contribution in [2.45, 2.75) is 25.6 Å². The van der Waals surface area contributed by atoms with E-state index in [1.165, 1.54) is 23.6 Å². The van der Waals surface area contributed by atoms with Gasteiger partial charge in [0.05, 0.1) is 11.9 Å². The maximum atomic E-state index is 13.1. The molecule has 3 aromatic rings. The van der Waals surface area contributed by atoms with Gasteiger partial charge in [-0.25, -0.2) is 14.4 Å². The van der Waals surface area contributed by atoms with E-state index in [-0.39, 0.29) is 11.5 Å². The minimum absolute atomic E-state index is 0.0788. The van der Waals surface area contributed by atoms with Crippen molar-refractivity contribution in [3.05, 3.63) is 47.4 Å². The monoisotopic (exact) mass is 368 g/mol. The van der Waals surface area contributed by atoms with E-state index in [1.54, 1.807) is 19.1 Å². The zero-order chi connectivity index (χ0) is 19.3. The van der Waals surface area contributed by atoms with Gasteiger partial charge in [0, 0.05) is 11.8 Å². The number of aryl methyl sites for hydroxylation is 1. The molecule has 0 saturated heterocycles. The average molecular weight is 368 g/mol. The Balaban J connectivity index is 2.26. The number of imidazole rings is 1. The predicted octanol–water partition coefficient (Wildman–Crippen LogP) is 3.48. The first-order chi connectivity index (χ1) is 12.0. The van der Waals surface area contributed by atoms with Crippen LogP contribution in [0.15, 0.2) is 30.6 Å². The third-order valence-corrected chi connectivity index (χ3v) is 4.20. The Morgan fingerprint density at radius 2 is 1.96 bits per heavy atom. The Kier molecular flexibility index (Phi) is 4.14. The second-order valence-electron chi connectivity index (χ2n) is 6.28. The van der Waals surface area contributed by atoms with Gasteiger partial charge in [0.25, 0.3) is 0 Å². The van der Waals surface area contributed by atoms with Crippen LogP contribution in [0.2, 0.25) is 0 Å². The molecule has 0 amide bonds. The Hall–Kier alpha value is -2.68. The number of hydrogen-bond acceptors (Lipinski definition) is 4. The fourth-order valence-electron chi connectivity index (χ4n) is 2.66. The highest BCUT2D eigenvalue weighted by Gasteiger charge is 2.34. The molecule has 0 radical (unpaired) electrons. The minimum atomic E-state index is -4.67. The molecule has 3 rings (SSSR count). The number of rotatable bonds is 3. The minimum Gasteiger partial charge on any atom is -0.383 e. The van der Waals surface area contributed by atoms with Gasteiger partial charge in [0.15, 0.2) is 17.2 Å². The molecule has 0 saturated carbocycles. The Morgan fingerprint density at radius 3 is 2.58 bits per heavy atom. The lowest BCUT2D eigenvalue weighted by molar-refractivity contribution is -0.141. The molecule has 0 aliphatic heterocycles. The van der Waals surface area contributed by atoms with Crippen LogP contribution < -0.4 is 5.73 Å². The molecule has 1 unspecified atom stereocenters. The van der Waals surface area contributed by atoms with Crippen LogP contribution >= 0.6 is 0 Å². The lowest BCUT2D eigenvalue weighted by atomic mass is 9.93. The number of alkyl halides is 4. The summed E-state index contributed by atoms with van der Waals surface area (Å²) in [7, 11) is 0. The molecule has 26 heavy (non-hydrogen) atoms. The zero-order valence-electron chi connectivity index (χ0n) is 14.0. The lowest BCUT2D eigenvalue weighted by Crippen LogP contribution is -2.23. The van der Waals surface area contributed by atoms with Crippen LogP contribution in [-0.4, -0.2) is 26.1 Å². The van der Waals surface area contributed by atoms with Crippen LogP contribution in [0.5, 0.6) is 0 Å². The summed E-state index contributed by atoms with van der Waals surface area (Å²) in [5.41, 5.74) is 4.69. The maximum absolute atomic E-state index is 13.1. The number of hydrogen-bond donors (Lipinski definition) is 2. The summed E-state index contributed by atoms with van der Waals surface area (Å²) >= 11 is 0. The van der Waals surface area contributed by atoms with Crippen molar-refractivity contribution in [1.82, 2.24) is 14.4 Å². The molecule has 1 aromatic carbocycles. The smallest absolute Gasteiger partial charge is 0.383 e. The second kappa shape index (κ2) is 5.94. The number of aromatic nitrogens is 3. The predicted molar refractivity (Wildman–Crippen MR) is 88.1 cm³/mol. The summed E-state index contributed by atoms with van der Waals surface area (Å²) in [6.07, 6.45) is -2.49. The first-order valence-corrected chi connectivity index (χ1v) is 7.65. The molecule has 2 heterocycles. The van der Waals surface area contributed by atoms with Gasteiger partial charge < -0.3 is 10.8 Å². The SMILES string of the molecule is Cc1ccc(C(C)(O)CF)cc1-c1cnc2c(N)nc(C(F)(F)F)cn12. The highest BCUT2D eigenvalue weighted by molar-refractivity contribution is 5.72. The van der Waals surface area contributed by atoms with E-state index < -0.39 is 24.1 Å². The van der Waals surface area contributed by atoms with Crippen molar-refractivity contribution in [2.75, 3.05) is 12.4 Å². The number of nitrogens with two attached hydrogens (primary N) is 1. The molecule has 1 atom stereocenters. The Labute approximate surface area is 146 Å². The lowest BCUT2D eigenvalue weighted by Gasteiger charge is -2.21. The number of nitrogen functional groups attached to an aromatic ring is 1. The highest BCUT2D eigenvalue weighted by Crippen LogP contribution is 2.33. The van der Waals surface area contributed by atoms with Gasteiger partial charge in [-0.2, -0.15) is 13.2 Å². The molecule has 0 aliphatic carbocycles. The molecule has 5 nitrogen and oxygen atoms in total. The van der Waals surface area contributed by atoms with Gasteiger partial charge in [-0.3, -0.25) is 4.40 Å². The number of halogens is 4. The van der Waals surface area contributed by atoms with Crippen molar-refractivity contribution in [2.24, 2.45) is 0 Å². The summed E-state index contributed by atoms with van der Waals surface area (Å²) in [6.45, 7) is 2.06. The number of fused-ring (bicyclic) bond motifs is 1. The Bertz CT molecular complexity index is 979. The first-order valence-electron chi connectivity index (χ1n) is 7.65. The summed E-state index contributed by atoms with van der Waals surface area (Å²) in [6, 6.07) is 4.75. The molecule has 3 N–H and O–H groups in total. The first kappa shape index (κ1) is 18.1. The molecule has 9 heteroatoms. The van der Waals surface area contributed by atoms with Crippen molar-refractivity contribution in [3.63, 3.8) is 0 Å². The van der Waals surface area contributed by atoms with Gasteiger partial charge in [-0.1, -0.05) is 12.1 Å². The number of benzene rings is 1. The summed E-state index contributed by atoms with van der Waals surface area (Å²) in [5.74, 6) is -0.351. The van der Waals surface area contributed by atoms with Crippen LogP contribution in [0.25, 0.3) is 16.9 Å². The van der Waals surface area contributed by atoms with Crippen LogP contribution in [0.3, 0.4) is 0 Å². The highest BCUT2D eigenvalue weighted by atomic mass is 19.4. The standard InChI is InChI=1S/C17H16F4N4O/c1-9-3-4-10(16(2,26)8-18)5-11(9)12-6-23-15-14(22)24-13(7-25(12)15)17(19,20)21/h3-7,26H,8H2,1-2H3,(H2,22,24). The maximum Gasteiger partial charge on any atom is 0.434 e. The zero-order valence-corrected chi connectivity index (χ0v) is 14.0.